The first-order chi connectivity index (χ1) is 15.7. The Kier molecular flexibility index (Phi) is 7.65. The summed E-state index contributed by atoms with van der Waals surface area (Å²) in [6.45, 7) is 9.23. The van der Waals surface area contributed by atoms with E-state index in [1.807, 2.05) is 32.0 Å². The number of thioether (sulfide) groups is 1. The Hall–Kier alpha value is -3.46. The van der Waals surface area contributed by atoms with E-state index in [0.29, 0.717) is 11.3 Å². The monoisotopic (exact) mass is 465 g/mol. The molecule has 0 aliphatic heterocycles. The number of para-hydroxylation sites is 1. The molecule has 0 radical (unpaired) electrons. The van der Waals surface area contributed by atoms with Gasteiger partial charge in [-0.05, 0) is 38.5 Å². The zero-order chi connectivity index (χ0) is 24.1. The van der Waals surface area contributed by atoms with Crippen molar-refractivity contribution in [3.8, 4) is 11.3 Å². The fraction of sp³-hybridized carbons (Fsp3) is 0.292. The van der Waals surface area contributed by atoms with Gasteiger partial charge in [0.2, 0.25) is 11.8 Å². The number of aromatic amines is 1. The van der Waals surface area contributed by atoms with E-state index in [-0.39, 0.29) is 28.6 Å². The van der Waals surface area contributed by atoms with Crippen LogP contribution in [0.2, 0.25) is 0 Å². The van der Waals surface area contributed by atoms with Crippen LogP contribution in [-0.2, 0) is 9.59 Å². The number of nitrogens with one attached hydrogen (secondary N) is 3. The third-order valence-electron chi connectivity index (χ3n) is 4.94. The van der Waals surface area contributed by atoms with Gasteiger partial charge in [0, 0.05) is 17.2 Å². The number of carbonyl (C=O) groups excluding carboxylic acids is 2. The van der Waals surface area contributed by atoms with Gasteiger partial charge >= 0.3 is 0 Å². The van der Waals surface area contributed by atoms with Crippen LogP contribution in [0.4, 0.5) is 11.4 Å². The van der Waals surface area contributed by atoms with Crippen molar-refractivity contribution in [3.63, 3.8) is 0 Å². The molecule has 0 unspecified atom stereocenters. The maximum absolute atomic E-state index is 12.7. The third-order valence-corrected chi connectivity index (χ3v) is 5.91. The number of hydrogen-bond acceptors (Lipinski definition) is 6. The Bertz CT molecular complexity index is 1240. The predicted octanol–water partition coefficient (Wildman–Crippen LogP) is 4.16. The molecule has 2 aromatic carbocycles. The average molecular weight is 466 g/mol. The minimum absolute atomic E-state index is 0.0893. The molecule has 0 saturated carbocycles. The molecular weight excluding hydrogens is 438 g/mol. The third kappa shape index (κ3) is 6.07. The first kappa shape index (κ1) is 24.2. The second-order valence-electron chi connectivity index (χ2n) is 8.07. The van der Waals surface area contributed by atoms with E-state index >= 15 is 0 Å². The van der Waals surface area contributed by atoms with Crippen molar-refractivity contribution in [3.05, 3.63) is 63.9 Å². The summed E-state index contributed by atoms with van der Waals surface area (Å²) in [5.41, 5.74) is 3.42. The summed E-state index contributed by atoms with van der Waals surface area (Å²) in [5, 5.41) is 13.6. The molecule has 0 aliphatic carbocycles. The highest BCUT2D eigenvalue weighted by atomic mass is 32.2. The predicted molar refractivity (Wildman–Crippen MR) is 131 cm³/mol. The van der Waals surface area contributed by atoms with Gasteiger partial charge < -0.3 is 10.6 Å². The minimum atomic E-state index is -0.515. The highest BCUT2D eigenvalue weighted by Crippen LogP contribution is 2.26. The first-order valence-electron chi connectivity index (χ1n) is 10.6. The highest BCUT2D eigenvalue weighted by molar-refractivity contribution is 8.00. The molecule has 0 aliphatic rings. The summed E-state index contributed by atoms with van der Waals surface area (Å²) in [6, 6.07) is 12.7. The lowest BCUT2D eigenvalue weighted by Crippen LogP contribution is -2.24. The normalized spacial score (nSPS) is 11.8. The van der Waals surface area contributed by atoms with Gasteiger partial charge in [0.1, 0.15) is 0 Å². The summed E-state index contributed by atoms with van der Waals surface area (Å²) in [7, 11) is 0. The van der Waals surface area contributed by atoms with E-state index in [1.165, 1.54) is 0 Å². The van der Waals surface area contributed by atoms with E-state index in [9.17, 15) is 14.4 Å². The molecule has 8 nitrogen and oxygen atoms in total. The highest BCUT2D eigenvalue weighted by Gasteiger charge is 2.19. The van der Waals surface area contributed by atoms with Gasteiger partial charge in [-0.1, -0.05) is 61.5 Å². The van der Waals surface area contributed by atoms with Crippen LogP contribution >= 0.6 is 11.8 Å². The minimum Gasteiger partial charge on any atom is -0.325 e. The van der Waals surface area contributed by atoms with Crippen LogP contribution in [-0.4, -0.2) is 32.2 Å². The lowest BCUT2D eigenvalue weighted by atomic mass is 10.1. The molecule has 2 amide bonds. The second kappa shape index (κ2) is 10.4. The fourth-order valence-corrected chi connectivity index (χ4v) is 3.78. The number of hydrogen-bond donors (Lipinski definition) is 3. The van der Waals surface area contributed by atoms with Crippen LogP contribution in [0.5, 0.6) is 0 Å². The Morgan fingerprint density at radius 1 is 0.939 bits per heavy atom. The van der Waals surface area contributed by atoms with Gasteiger partial charge in [-0.15, -0.1) is 10.2 Å². The van der Waals surface area contributed by atoms with E-state index in [2.05, 4.69) is 25.8 Å². The van der Waals surface area contributed by atoms with Crippen LogP contribution in [0.25, 0.3) is 11.3 Å². The van der Waals surface area contributed by atoms with E-state index in [1.54, 1.807) is 45.0 Å². The molecule has 1 aromatic heterocycles. The van der Waals surface area contributed by atoms with Crippen molar-refractivity contribution in [2.75, 3.05) is 10.6 Å². The van der Waals surface area contributed by atoms with Crippen molar-refractivity contribution in [1.82, 2.24) is 15.2 Å². The maximum atomic E-state index is 12.7. The van der Waals surface area contributed by atoms with Gasteiger partial charge in [0.05, 0.1) is 10.9 Å². The maximum Gasteiger partial charge on any atom is 0.278 e. The number of carbonyl (C=O) groups is 2. The number of benzene rings is 2. The van der Waals surface area contributed by atoms with Gasteiger partial charge in [0.15, 0.2) is 10.9 Å². The molecule has 0 spiro atoms. The van der Waals surface area contributed by atoms with Gasteiger partial charge in [0.25, 0.3) is 5.56 Å². The summed E-state index contributed by atoms with van der Waals surface area (Å²) in [6.07, 6.45) is 0. The molecule has 3 N–H and O–H groups in total. The number of nitrogens with zero attached hydrogens (tertiary/aromatic N) is 2. The van der Waals surface area contributed by atoms with Gasteiger partial charge in [-0.3, -0.25) is 19.4 Å². The molecule has 0 fully saturated rings. The number of H-pyrrole nitrogens is 1. The Labute approximate surface area is 196 Å². The molecule has 1 atom stereocenters. The second-order valence-corrected chi connectivity index (χ2v) is 9.39. The summed E-state index contributed by atoms with van der Waals surface area (Å²) < 4.78 is 0. The number of aromatic nitrogens is 3. The van der Waals surface area contributed by atoms with Crippen molar-refractivity contribution in [2.24, 2.45) is 5.92 Å². The van der Waals surface area contributed by atoms with E-state index in [0.717, 1.165) is 28.6 Å². The number of anilines is 2. The molecule has 9 heteroatoms. The topological polar surface area (TPSA) is 117 Å². The van der Waals surface area contributed by atoms with E-state index < -0.39 is 10.8 Å². The lowest BCUT2D eigenvalue weighted by molar-refractivity contribution is -0.119. The fourth-order valence-electron chi connectivity index (χ4n) is 3.04. The summed E-state index contributed by atoms with van der Waals surface area (Å²) in [5.74, 6) is -0.583. The summed E-state index contributed by atoms with van der Waals surface area (Å²) >= 11 is 1.11. The molecule has 3 rings (SSSR count). The Balaban J connectivity index is 1.75. The van der Waals surface area contributed by atoms with Crippen LogP contribution in [0.1, 0.15) is 31.9 Å². The molecular formula is C24H27N5O3S. The zero-order valence-electron chi connectivity index (χ0n) is 19.2. The molecule has 3 aromatic rings. The average Bonchev–Trinajstić information content (AvgIpc) is 2.76. The van der Waals surface area contributed by atoms with Gasteiger partial charge in [-0.25, -0.2) is 0 Å². The molecule has 33 heavy (non-hydrogen) atoms. The van der Waals surface area contributed by atoms with Crippen LogP contribution in [0.3, 0.4) is 0 Å². The van der Waals surface area contributed by atoms with Crippen molar-refractivity contribution in [2.45, 2.75) is 45.0 Å². The molecule has 0 saturated heterocycles. The van der Waals surface area contributed by atoms with Crippen molar-refractivity contribution < 1.29 is 9.59 Å². The smallest absolute Gasteiger partial charge is 0.278 e. The number of amides is 2. The van der Waals surface area contributed by atoms with Crippen LogP contribution < -0.4 is 16.2 Å². The molecule has 172 valence electrons. The van der Waals surface area contributed by atoms with Gasteiger partial charge in [-0.2, -0.15) is 0 Å². The van der Waals surface area contributed by atoms with Crippen LogP contribution in [0.15, 0.2) is 52.4 Å². The SMILES string of the molecule is Cc1ccc(NC(=O)[C@@H](C)Sc2nnc(-c3ccccc3NC(=O)C(C)C)c(=O)[nH]2)c(C)c1. The number of aryl methyl sites for hydroxylation is 2. The largest absolute Gasteiger partial charge is 0.325 e. The quantitative estimate of drug-likeness (QED) is 0.451. The standard InChI is InChI=1S/C24H27N5O3S/c1-13(2)21(30)26-19-9-7-6-8-17(19)20-23(32)27-24(29-28-20)33-16(5)22(31)25-18-11-10-14(3)12-15(18)4/h6-13,16H,1-5H3,(H,25,31)(H,26,30)(H,27,29,32)/t16-/m1/s1. The molecule has 1 heterocycles. The first-order valence-corrected chi connectivity index (χ1v) is 11.5. The molecule has 0 bridgehead atoms. The Morgan fingerprint density at radius 2 is 1.64 bits per heavy atom. The van der Waals surface area contributed by atoms with E-state index in [4.69, 9.17) is 0 Å². The van der Waals surface area contributed by atoms with Crippen LogP contribution in [0, 0.1) is 19.8 Å². The Morgan fingerprint density at radius 3 is 2.30 bits per heavy atom. The van der Waals surface area contributed by atoms with Crippen molar-refractivity contribution in [1.29, 1.82) is 0 Å². The lowest BCUT2D eigenvalue weighted by Gasteiger charge is -2.14. The van der Waals surface area contributed by atoms with Crippen molar-refractivity contribution >= 4 is 35.0 Å². The summed E-state index contributed by atoms with van der Waals surface area (Å²) in [4.78, 5) is 40.2. The zero-order valence-corrected chi connectivity index (χ0v) is 20.0. The number of rotatable bonds is 7.